The lowest BCUT2D eigenvalue weighted by Gasteiger charge is -2.26. The van der Waals surface area contributed by atoms with Crippen LogP contribution in [0, 0.1) is 5.82 Å². The fourth-order valence-corrected chi connectivity index (χ4v) is 1.85. The van der Waals surface area contributed by atoms with E-state index in [0.29, 0.717) is 0 Å². The van der Waals surface area contributed by atoms with E-state index in [-0.39, 0.29) is 11.5 Å². The van der Waals surface area contributed by atoms with Crippen LogP contribution >= 0.6 is 34.8 Å². The average molecular weight is 364 g/mol. The average Bonchev–Trinajstić information content (AvgIpc) is 2.47. The van der Waals surface area contributed by atoms with E-state index in [1.807, 2.05) is 0 Å². The van der Waals surface area contributed by atoms with Crippen LogP contribution in [0.3, 0.4) is 0 Å². The summed E-state index contributed by atoms with van der Waals surface area (Å²) in [6.07, 6.45) is 1.90. The van der Waals surface area contributed by atoms with E-state index in [2.05, 4.69) is 20.6 Å². The molecule has 1 aromatic carbocycles. The number of halogens is 4. The first-order valence-electron chi connectivity index (χ1n) is 6.03. The van der Waals surface area contributed by atoms with Crippen molar-refractivity contribution in [1.29, 1.82) is 0 Å². The van der Waals surface area contributed by atoms with Crippen LogP contribution in [-0.2, 0) is 0 Å². The van der Waals surface area contributed by atoms with Crippen LogP contribution in [0.4, 0.5) is 10.3 Å². The normalized spacial score (nSPS) is 12.5. The third-order valence-electron chi connectivity index (χ3n) is 2.55. The number of amides is 1. The molecule has 0 radical (unpaired) electrons. The Labute approximate surface area is 140 Å². The summed E-state index contributed by atoms with van der Waals surface area (Å²) in [5.74, 6) is -0.816. The molecular formula is C13H10Cl3FN4O. The van der Waals surface area contributed by atoms with Gasteiger partial charge in [-0.3, -0.25) is 4.79 Å². The predicted molar refractivity (Wildman–Crippen MR) is 83.6 cm³/mol. The van der Waals surface area contributed by atoms with Crippen molar-refractivity contribution >= 4 is 46.7 Å². The van der Waals surface area contributed by atoms with Crippen LogP contribution in [0.1, 0.15) is 10.4 Å². The van der Waals surface area contributed by atoms with Crippen molar-refractivity contribution < 1.29 is 9.18 Å². The highest BCUT2D eigenvalue weighted by molar-refractivity contribution is 6.68. The SMILES string of the molecule is O=C(N[C@H](Nc1ncccn1)C(Cl)(Cl)Cl)c1ccc(F)cc1. The van der Waals surface area contributed by atoms with E-state index in [9.17, 15) is 9.18 Å². The second-order valence-corrected chi connectivity index (χ2v) is 6.54. The number of hydrogen-bond donors (Lipinski definition) is 2. The molecule has 0 aliphatic heterocycles. The van der Waals surface area contributed by atoms with Gasteiger partial charge in [0.15, 0.2) is 0 Å². The van der Waals surface area contributed by atoms with Crippen molar-refractivity contribution in [3.05, 3.63) is 54.1 Å². The zero-order valence-electron chi connectivity index (χ0n) is 10.9. The van der Waals surface area contributed by atoms with Gasteiger partial charge in [-0.2, -0.15) is 0 Å². The van der Waals surface area contributed by atoms with Crippen LogP contribution in [0.15, 0.2) is 42.7 Å². The van der Waals surface area contributed by atoms with Gasteiger partial charge < -0.3 is 10.6 Å². The Morgan fingerprint density at radius 3 is 2.27 bits per heavy atom. The molecule has 0 fully saturated rings. The number of alkyl halides is 3. The Hall–Kier alpha value is -1.63. The van der Waals surface area contributed by atoms with Crippen molar-refractivity contribution in [3.63, 3.8) is 0 Å². The summed E-state index contributed by atoms with van der Waals surface area (Å²) >= 11 is 17.5. The third kappa shape index (κ3) is 4.69. The molecule has 2 rings (SSSR count). The summed E-state index contributed by atoms with van der Waals surface area (Å²) in [6.45, 7) is 0. The standard InChI is InChI=1S/C13H10Cl3FN4O/c14-13(15,16)11(21-12-18-6-1-7-19-12)20-10(22)8-2-4-9(17)5-3-8/h1-7,11H,(H,20,22)(H,18,19,21)/t11-/m1/s1. The number of benzene rings is 1. The number of rotatable bonds is 4. The number of hydrogen-bond acceptors (Lipinski definition) is 4. The summed E-state index contributed by atoms with van der Waals surface area (Å²) in [4.78, 5) is 20.0. The molecule has 0 bridgehead atoms. The van der Waals surface area contributed by atoms with E-state index in [1.165, 1.54) is 24.5 Å². The molecule has 0 aliphatic rings. The Kier molecular flexibility index (Phi) is 5.39. The molecular weight excluding hydrogens is 354 g/mol. The quantitative estimate of drug-likeness (QED) is 0.647. The van der Waals surface area contributed by atoms with Crippen LogP contribution < -0.4 is 10.6 Å². The number of aromatic nitrogens is 2. The highest BCUT2D eigenvalue weighted by Gasteiger charge is 2.34. The summed E-state index contributed by atoms with van der Waals surface area (Å²) in [7, 11) is 0. The summed E-state index contributed by atoms with van der Waals surface area (Å²) in [6, 6.07) is 6.57. The Morgan fingerprint density at radius 2 is 1.73 bits per heavy atom. The summed E-state index contributed by atoms with van der Waals surface area (Å²) in [5.41, 5.74) is 0.219. The Bertz CT molecular complexity index is 634. The molecule has 0 spiro atoms. The maximum absolute atomic E-state index is 12.9. The molecule has 116 valence electrons. The minimum absolute atomic E-state index is 0.179. The van der Waals surface area contributed by atoms with Gasteiger partial charge in [0.25, 0.3) is 5.91 Å². The second-order valence-electron chi connectivity index (χ2n) is 4.17. The van der Waals surface area contributed by atoms with Gasteiger partial charge in [-0.15, -0.1) is 0 Å². The number of nitrogens with one attached hydrogen (secondary N) is 2. The van der Waals surface area contributed by atoms with Crippen molar-refractivity contribution in [3.8, 4) is 0 Å². The number of nitrogens with zero attached hydrogens (tertiary/aromatic N) is 2. The molecule has 2 N–H and O–H groups in total. The fourth-order valence-electron chi connectivity index (χ4n) is 1.52. The van der Waals surface area contributed by atoms with E-state index in [4.69, 9.17) is 34.8 Å². The lowest BCUT2D eigenvalue weighted by Crippen LogP contribution is -2.49. The van der Waals surface area contributed by atoms with Crippen molar-refractivity contribution in [2.45, 2.75) is 9.96 Å². The first-order valence-corrected chi connectivity index (χ1v) is 7.16. The molecule has 0 saturated carbocycles. The Morgan fingerprint density at radius 1 is 1.14 bits per heavy atom. The smallest absolute Gasteiger partial charge is 0.252 e. The maximum atomic E-state index is 12.9. The monoisotopic (exact) mass is 362 g/mol. The minimum Gasteiger partial charge on any atom is -0.330 e. The molecule has 1 atom stereocenters. The lowest BCUT2D eigenvalue weighted by molar-refractivity contribution is 0.0941. The predicted octanol–water partition coefficient (Wildman–Crippen LogP) is 3.15. The maximum Gasteiger partial charge on any atom is 0.252 e. The molecule has 1 heterocycles. The Balaban J connectivity index is 2.13. The third-order valence-corrected chi connectivity index (χ3v) is 3.20. The minimum atomic E-state index is -1.85. The number of anilines is 1. The molecule has 9 heteroatoms. The zero-order valence-corrected chi connectivity index (χ0v) is 13.2. The van der Waals surface area contributed by atoms with Crippen LogP contribution in [0.25, 0.3) is 0 Å². The van der Waals surface area contributed by atoms with E-state index < -0.39 is 21.7 Å². The van der Waals surface area contributed by atoms with Gasteiger partial charge in [-0.1, -0.05) is 34.8 Å². The highest BCUT2D eigenvalue weighted by Crippen LogP contribution is 2.30. The van der Waals surface area contributed by atoms with Gasteiger partial charge in [0.1, 0.15) is 12.0 Å². The van der Waals surface area contributed by atoms with Gasteiger partial charge >= 0.3 is 0 Å². The second kappa shape index (κ2) is 7.09. The first-order chi connectivity index (χ1) is 10.4. The zero-order chi connectivity index (χ0) is 16.2. The van der Waals surface area contributed by atoms with E-state index in [1.54, 1.807) is 6.07 Å². The van der Waals surface area contributed by atoms with Crippen molar-refractivity contribution in [1.82, 2.24) is 15.3 Å². The first kappa shape index (κ1) is 16.7. The molecule has 0 unspecified atom stereocenters. The molecule has 0 saturated heterocycles. The fraction of sp³-hybridized carbons (Fsp3) is 0.154. The molecule has 2 aromatic rings. The van der Waals surface area contributed by atoms with E-state index >= 15 is 0 Å². The number of carbonyl (C=O) groups excluding carboxylic acids is 1. The van der Waals surface area contributed by atoms with Gasteiger partial charge in [-0.25, -0.2) is 14.4 Å². The molecule has 1 aromatic heterocycles. The topological polar surface area (TPSA) is 66.9 Å². The van der Waals surface area contributed by atoms with Gasteiger partial charge in [0.2, 0.25) is 9.74 Å². The molecule has 22 heavy (non-hydrogen) atoms. The van der Waals surface area contributed by atoms with Crippen molar-refractivity contribution in [2.24, 2.45) is 0 Å². The van der Waals surface area contributed by atoms with Gasteiger partial charge in [-0.05, 0) is 30.3 Å². The van der Waals surface area contributed by atoms with Gasteiger partial charge in [0, 0.05) is 18.0 Å². The number of carbonyl (C=O) groups is 1. The molecule has 5 nitrogen and oxygen atoms in total. The van der Waals surface area contributed by atoms with Gasteiger partial charge in [0.05, 0.1) is 0 Å². The molecule has 1 amide bonds. The largest absolute Gasteiger partial charge is 0.330 e. The highest BCUT2D eigenvalue weighted by atomic mass is 35.6. The van der Waals surface area contributed by atoms with Crippen molar-refractivity contribution in [2.75, 3.05) is 5.32 Å². The summed E-state index contributed by atoms with van der Waals surface area (Å²) < 4.78 is 11.0. The van der Waals surface area contributed by atoms with Crippen LogP contribution in [-0.4, -0.2) is 25.8 Å². The lowest BCUT2D eigenvalue weighted by atomic mass is 10.2. The van der Waals surface area contributed by atoms with Crippen LogP contribution in [0.2, 0.25) is 0 Å². The van der Waals surface area contributed by atoms with E-state index in [0.717, 1.165) is 12.1 Å². The molecule has 0 aliphatic carbocycles. The summed E-state index contributed by atoms with van der Waals surface area (Å²) in [5, 5.41) is 5.20. The van der Waals surface area contributed by atoms with Crippen LogP contribution in [0.5, 0.6) is 0 Å².